The average molecular weight is 375 g/mol. The van der Waals surface area contributed by atoms with Crippen molar-refractivity contribution < 1.29 is 5.11 Å². The zero-order valence-corrected chi connectivity index (χ0v) is 14.3. The van der Waals surface area contributed by atoms with Crippen molar-refractivity contribution in [2.24, 2.45) is 10.2 Å². The zero-order chi connectivity index (χ0) is 17.0. The van der Waals surface area contributed by atoms with Crippen LogP contribution < -0.4 is 5.56 Å². The molecule has 0 saturated heterocycles. The first kappa shape index (κ1) is 16.9. The third kappa shape index (κ3) is 3.32. The zero-order valence-electron chi connectivity index (χ0n) is 12.7. The van der Waals surface area contributed by atoms with Gasteiger partial charge in [-0.2, -0.15) is 5.26 Å². The fraction of sp³-hybridized carbons (Fsp3) is 0.250. The van der Waals surface area contributed by atoms with E-state index in [2.05, 4.69) is 26.2 Å². The van der Waals surface area contributed by atoms with Gasteiger partial charge in [0, 0.05) is 16.6 Å². The molecular formula is C16H15BrN4O2. The average Bonchev–Trinajstić information content (AvgIpc) is 2.53. The molecule has 0 spiro atoms. The van der Waals surface area contributed by atoms with Gasteiger partial charge >= 0.3 is 0 Å². The van der Waals surface area contributed by atoms with Gasteiger partial charge in [0.2, 0.25) is 5.88 Å². The number of nitrogens with zero attached hydrogens (tertiary/aromatic N) is 4. The van der Waals surface area contributed by atoms with Gasteiger partial charge in [-0.05, 0) is 41.4 Å². The summed E-state index contributed by atoms with van der Waals surface area (Å²) in [5.41, 5.74) is 0.525. The molecule has 0 unspecified atom stereocenters. The smallest absolute Gasteiger partial charge is 0.281 e. The summed E-state index contributed by atoms with van der Waals surface area (Å²) < 4.78 is 1.90. The summed E-state index contributed by atoms with van der Waals surface area (Å²) in [6.45, 7) is 3.75. The van der Waals surface area contributed by atoms with Crippen LogP contribution in [0.25, 0.3) is 0 Å². The molecule has 118 valence electrons. The molecule has 6 nitrogen and oxygen atoms in total. The predicted octanol–water partition coefficient (Wildman–Crippen LogP) is 4.32. The Kier molecular flexibility index (Phi) is 5.29. The van der Waals surface area contributed by atoms with E-state index in [9.17, 15) is 15.2 Å². The number of halogens is 1. The van der Waals surface area contributed by atoms with Gasteiger partial charge in [-0.1, -0.05) is 19.1 Å². The van der Waals surface area contributed by atoms with Crippen LogP contribution in [0.15, 0.2) is 43.8 Å². The summed E-state index contributed by atoms with van der Waals surface area (Å²) in [6.07, 6.45) is 0.641. The monoisotopic (exact) mass is 374 g/mol. The fourth-order valence-electron chi connectivity index (χ4n) is 2.12. The lowest BCUT2D eigenvalue weighted by Gasteiger charge is -2.11. The van der Waals surface area contributed by atoms with Crippen LogP contribution in [0, 0.1) is 18.3 Å². The summed E-state index contributed by atoms with van der Waals surface area (Å²) in [4.78, 5) is 12.5. The first-order chi connectivity index (χ1) is 11.0. The van der Waals surface area contributed by atoms with Gasteiger partial charge in [0.25, 0.3) is 5.56 Å². The second kappa shape index (κ2) is 7.20. The van der Waals surface area contributed by atoms with Crippen molar-refractivity contribution in [2.45, 2.75) is 26.8 Å². The van der Waals surface area contributed by atoms with E-state index in [1.165, 1.54) is 0 Å². The highest BCUT2D eigenvalue weighted by Crippen LogP contribution is 2.29. The second-order valence-corrected chi connectivity index (χ2v) is 5.75. The number of benzene rings is 1. The van der Waals surface area contributed by atoms with E-state index in [1.54, 1.807) is 19.1 Å². The Labute approximate surface area is 141 Å². The van der Waals surface area contributed by atoms with Crippen LogP contribution in [-0.2, 0) is 6.54 Å². The Morgan fingerprint density at radius 3 is 2.65 bits per heavy atom. The van der Waals surface area contributed by atoms with Crippen molar-refractivity contribution in [1.29, 1.82) is 5.26 Å². The molecule has 7 heteroatoms. The van der Waals surface area contributed by atoms with Gasteiger partial charge in [-0.15, -0.1) is 10.2 Å². The minimum atomic E-state index is -0.461. The molecule has 0 bridgehead atoms. The standard InChI is InChI=1S/C16H15BrN4O2/c1-3-8-21-15(22)11(9-18)10(2)14(16(21)23)20-19-13-7-5-4-6-12(13)17/h4-7,22H,3,8H2,1-2H3. The maximum Gasteiger partial charge on any atom is 0.281 e. The van der Waals surface area contributed by atoms with Crippen molar-refractivity contribution in [1.82, 2.24) is 4.57 Å². The largest absolute Gasteiger partial charge is 0.493 e. The lowest BCUT2D eigenvalue weighted by atomic mass is 10.1. The first-order valence-electron chi connectivity index (χ1n) is 7.04. The summed E-state index contributed by atoms with van der Waals surface area (Å²) in [7, 11) is 0. The number of aromatic hydroxyl groups is 1. The summed E-state index contributed by atoms with van der Waals surface area (Å²) >= 11 is 3.36. The van der Waals surface area contributed by atoms with Gasteiger partial charge in [-0.3, -0.25) is 9.36 Å². The maximum absolute atomic E-state index is 12.5. The van der Waals surface area contributed by atoms with Gasteiger partial charge in [-0.25, -0.2) is 0 Å². The molecule has 0 aliphatic carbocycles. The van der Waals surface area contributed by atoms with E-state index in [0.717, 1.165) is 9.04 Å². The summed E-state index contributed by atoms with van der Waals surface area (Å²) in [5, 5.41) is 27.4. The highest BCUT2D eigenvalue weighted by atomic mass is 79.9. The molecular weight excluding hydrogens is 360 g/mol. The molecule has 1 aromatic carbocycles. The van der Waals surface area contributed by atoms with E-state index in [1.807, 2.05) is 25.1 Å². The molecule has 23 heavy (non-hydrogen) atoms. The number of rotatable bonds is 4. The van der Waals surface area contributed by atoms with Crippen LogP contribution in [0.1, 0.15) is 24.5 Å². The Hall–Kier alpha value is -2.46. The molecule has 0 radical (unpaired) electrons. The van der Waals surface area contributed by atoms with Crippen molar-refractivity contribution in [3.05, 3.63) is 50.2 Å². The lowest BCUT2D eigenvalue weighted by molar-refractivity contribution is 0.402. The number of pyridine rings is 1. The number of hydrogen-bond donors (Lipinski definition) is 1. The quantitative estimate of drug-likeness (QED) is 0.807. The van der Waals surface area contributed by atoms with Gasteiger partial charge < -0.3 is 5.11 Å². The highest BCUT2D eigenvalue weighted by Gasteiger charge is 2.18. The van der Waals surface area contributed by atoms with Crippen LogP contribution >= 0.6 is 15.9 Å². The molecule has 1 heterocycles. The Morgan fingerprint density at radius 2 is 2.04 bits per heavy atom. The van der Waals surface area contributed by atoms with Crippen LogP contribution in [0.3, 0.4) is 0 Å². The van der Waals surface area contributed by atoms with Crippen molar-refractivity contribution in [2.75, 3.05) is 0 Å². The summed E-state index contributed by atoms with van der Waals surface area (Å²) in [5.74, 6) is -0.323. The third-order valence-corrected chi connectivity index (χ3v) is 4.00. The Balaban J connectivity index is 2.63. The number of azo groups is 1. The molecule has 0 amide bonds. The fourth-order valence-corrected chi connectivity index (χ4v) is 2.49. The van der Waals surface area contributed by atoms with Crippen LogP contribution in [0.5, 0.6) is 5.88 Å². The van der Waals surface area contributed by atoms with Gasteiger partial charge in [0.05, 0.1) is 5.69 Å². The minimum absolute atomic E-state index is 0.0409. The molecule has 0 fully saturated rings. The molecule has 1 aromatic heterocycles. The molecule has 0 aliphatic rings. The molecule has 2 rings (SSSR count). The topological polar surface area (TPSA) is 90.7 Å². The lowest BCUT2D eigenvalue weighted by Crippen LogP contribution is -2.21. The van der Waals surface area contributed by atoms with Gasteiger partial charge in [0.15, 0.2) is 5.69 Å². The first-order valence-corrected chi connectivity index (χ1v) is 7.83. The number of nitriles is 1. The van der Waals surface area contributed by atoms with E-state index in [0.29, 0.717) is 24.2 Å². The predicted molar refractivity (Wildman–Crippen MR) is 90.4 cm³/mol. The molecule has 0 atom stereocenters. The SMILES string of the molecule is CCCn1c(O)c(C#N)c(C)c(N=Nc2ccccc2Br)c1=O. The van der Waals surface area contributed by atoms with Gasteiger partial charge in [0.1, 0.15) is 11.6 Å². The van der Waals surface area contributed by atoms with Crippen LogP contribution in [0.4, 0.5) is 11.4 Å². The molecule has 2 aromatic rings. The minimum Gasteiger partial charge on any atom is -0.493 e. The van der Waals surface area contributed by atoms with E-state index in [4.69, 9.17) is 0 Å². The van der Waals surface area contributed by atoms with E-state index >= 15 is 0 Å². The second-order valence-electron chi connectivity index (χ2n) is 4.89. The maximum atomic E-state index is 12.5. The summed E-state index contributed by atoms with van der Waals surface area (Å²) in [6, 6.07) is 9.13. The van der Waals surface area contributed by atoms with Crippen molar-refractivity contribution in [3.8, 4) is 11.9 Å². The number of hydrogen-bond acceptors (Lipinski definition) is 5. The molecule has 0 saturated carbocycles. The highest BCUT2D eigenvalue weighted by molar-refractivity contribution is 9.10. The van der Waals surface area contributed by atoms with E-state index < -0.39 is 5.56 Å². The van der Waals surface area contributed by atoms with Crippen LogP contribution in [-0.4, -0.2) is 9.67 Å². The van der Waals surface area contributed by atoms with Crippen molar-refractivity contribution in [3.63, 3.8) is 0 Å². The Morgan fingerprint density at radius 1 is 1.35 bits per heavy atom. The Bertz CT molecular complexity index is 866. The van der Waals surface area contributed by atoms with Crippen molar-refractivity contribution >= 4 is 27.3 Å². The number of aromatic nitrogens is 1. The molecule has 0 aliphatic heterocycles. The normalized spacial score (nSPS) is 10.9. The molecule has 1 N–H and O–H groups in total. The van der Waals surface area contributed by atoms with Crippen LogP contribution in [0.2, 0.25) is 0 Å². The third-order valence-electron chi connectivity index (χ3n) is 3.33. The van der Waals surface area contributed by atoms with E-state index in [-0.39, 0.29) is 17.1 Å².